The van der Waals surface area contributed by atoms with Crippen LogP contribution in [0.5, 0.6) is 0 Å². The molecule has 0 aliphatic carbocycles. The molecule has 2 aromatic carbocycles. The number of rotatable bonds is 3. The van der Waals surface area contributed by atoms with Crippen LogP contribution in [-0.4, -0.2) is 25.5 Å². The Bertz CT molecular complexity index is 1050. The minimum Gasteiger partial charge on any atom is -0.399 e. The SMILES string of the molecule is C/C(=N\Nc1nn2cnnc2c2ccccc12)c1ccc(N)cc1. The van der Waals surface area contributed by atoms with E-state index >= 15 is 0 Å². The van der Waals surface area contributed by atoms with Gasteiger partial charge in [0.05, 0.1) is 5.71 Å². The first-order chi connectivity index (χ1) is 11.7. The zero-order chi connectivity index (χ0) is 16.5. The highest BCUT2D eigenvalue weighted by atomic mass is 15.4. The van der Waals surface area contributed by atoms with Gasteiger partial charge in [-0.1, -0.05) is 36.4 Å². The zero-order valence-electron chi connectivity index (χ0n) is 13.0. The average molecular weight is 317 g/mol. The third-order valence-corrected chi connectivity index (χ3v) is 3.82. The standard InChI is InChI=1S/C17H15N7/c1-11(12-6-8-13(18)9-7-12)20-21-16-14-4-2-3-5-15(14)17-22-19-10-24(17)23-16/h2-10H,18H2,1H3,(H,21,23)/b20-11+. The molecule has 7 heteroatoms. The van der Waals surface area contributed by atoms with Crippen LogP contribution in [-0.2, 0) is 0 Å². The predicted octanol–water partition coefficient (Wildman–Crippen LogP) is 2.70. The van der Waals surface area contributed by atoms with Crippen molar-refractivity contribution < 1.29 is 0 Å². The first-order valence-corrected chi connectivity index (χ1v) is 7.47. The van der Waals surface area contributed by atoms with Crippen molar-refractivity contribution in [1.29, 1.82) is 0 Å². The monoisotopic (exact) mass is 317 g/mol. The van der Waals surface area contributed by atoms with E-state index in [1.165, 1.54) is 0 Å². The second kappa shape index (κ2) is 5.62. The summed E-state index contributed by atoms with van der Waals surface area (Å²) in [5, 5.41) is 18.9. The second-order valence-corrected chi connectivity index (χ2v) is 5.42. The van der Waals surface area contributed by atoms with Gasteiger partial charge in [-0.3, -0.25) is 5.43 Å². The molecule has 0 saturated heterocycles. The van der Waals surface area contributed by atoms with Crippen LogP contribution in [0.3, 0.4) is 0 Å². The van der Waals surface area contributed by atoms with Crippen LogP contribution in [0.2, 0.25) is 0 Å². The molecule has 0 saturated carbocycles. The van der Waals surface area contributed by atoms with Crippen molar-refractivity contribution in [3.63, 3.8) is 0 Å². The molecular formula is C17H15N7. The number of nitrogens with one attached hydrogen (secondary N) is 1. The van der Waals surface area contributed by atoms with E-state index in [1.807, 2.05) is 55.5 Å². The van der Waals surface area contributed by atoms with Crippen molar-refractivity contribution in [2.45, 2.75) is 6.92 Å². The maximum absolute atomic E-state index is 5.72. The smallest absolute Gasteiger partial charge is 0.185 e. The van der Waals surface area contributed by atoms with Crippen LogP contribution in [0.25, 0.3) is 16.4 Å². The van der Waals surface area contributed by atoms with E-state index in [1.54, 1.807) is 10.8 Å². The summed E-state index contributed by atoms with van der Waals surface area (Å²) in [6.07, 6.45) is 1.57. The summed E-state index contributed by atoms with van der Waals surface area (Å²) in [6, 6.07) is 15.5. The Balaban J connectivity index is 1.75. The summed E-state index contributed by atoms with van der Waals surface area (Å²) < 4.78 is 1.64. The van der Waals surface area contributed by atoms with Crippen LogP contribution in [0.4, 0.5) is 11.5 Å². The first-order valence-electron chi connectivity index (χ1n) is 7.47. The first kappa shape index (κ1) is 14.1. The van der Waals surface area contributed by atoms with Gasteiger partial charge in [0.15, 0.2) is 11.5 Å². The van der Waals surface area contributed by atoms with Gasteiger partial charge in [0.25, 0.3) is 0 Å². The van der Waals surface area contributed by atoms with Crippen LogP contribution in [0.15, 0.2) is 60.0 Å². The highest BCUT2D eigenvalue weighted by Gasteiger charge is 2.09. The molecule has 118 valence electrons. The van der Waals surface area contributed by atoms with Crippen molar-refractivity contribution in [1.82, 2.24) is 19.8 Å². The lowest BCUT2D eigenvalue weighted by molar-refractivity contribution is 0.934. The number of anilines is 2. The number of benzene rings is 2. The molecule has 0 aliphatic heterocycles. The van der Waals surface area contributed by atoms with E-state index in [0.717, 1.165) is 33.4 Å². The molecule has 0 fully saturated rings. The number of nitrogens with zero attached hydrogens (tertiary/aromatic N) is 5. The van der Waals surface area contributed by atoms with E-state index < -0.39 is 0 Å². The van der Waals surface area contributed by atoms with Gasteiger partial charge in [-0.2, -0.15) is 9.62 Å². The molecule has 7 nitrogen and oxygen atoms in total. The Labute approximate surface area is 137 Å². The van der Waals surface area contributed by atoms with Gasteiger partial charge in [-0.25, -0.2) is 0 Å². The largest absolute Gasteiger partial charge is 0.399 e. The number of hydrazone groups is 1. The quantitative estimate of drug-likeness (QED) is 0.344. The molecule has 4 rings (SSSR count). The number of hydrogen-bond acceptors (Lipinski definition) is 6. The topological polar surface area (TPSA) is 93.5 Å². The molecule has 24 heavy (non-hydrogen) atoms. The number of fused-ring (bicyclic) bond motifs is 3. The lowest BCUT2D eigenvalue weighted by atomic mass is 10.1. The van der Waals surface area contributed by atoms with Gasteiger partial charge >= 0.3 is 0 Å². The van der Waals surface area contributed by atoms with Crippen LogP contribution < -0.4 is 11.2 Å². The molecule has 0 amide bonds. The van der Waals surface area contributed by atoms with Crippen molar-refractivity contribution in [2.75, 3.05) is 11.2 Å². The number of hydrogen-bond donors (Lipinski definition) is 2. The Morgan fingerprint density at radius 1 is 1.08 bits per heavy atom. The molecule has 4 aromatic rings. The lowest BCUT2D eigenvalue weighted by Crippen LogP contribution is -2.04. The number of nitrogen functional groups attached to an aromatic ring is 1. The van der Waals surface area contributed by atoms with Crippen LogP contribution in [0, 0.1) is 0 Å². The minimum absolute atomic E-state index is 0.646. The van der Waals surface area contributed by atoms with Gasteiger partial charge < -0.3 is 5.73 Å². The summed E-state index contributed by atoms with van der Waals surface area (Å²) in [6.45, 7) is 1.93. The van der Waals surface area contributed by atoms with Crippen molar-refractivity contribution >= 4 is 33.6 Å². The van der Waals surface area contributed by atoms with E-state index in [9.17, 15) is 0 Å². The third-order valence-electron chi connectivity index (χ3n) is 3.82. The Morgan fingerprint density at radius 3 is 2.62 bits per heavy atom. The van der Waals surface area contributed by atoms with Gasteiger partial charge in [0.2, 0.25) is 0 Å². The summed E-state index contributed by atoms with van der Waals surface area (Å²) in [5.74, 6) is 0.646. The maximum atomic E-state index is 5.72. The maximum Gasteiger partial charge on any atom is 0.185 e. The minimum atomic E-state index is 0.646. The van der Waals surface area contributed by atoms with E-state index in [-0.39, 0.29) is 0 Å². The molecule has 3 N–H and O–H groups in total. The third kappa shape index (κ3) is 2.41. The molecule has 0 atom stereocenters. The summed E-state index contributed by atoms with van der Waals surface area (Å²) in [5.41, 5.74) is 12.0. The van der Waals surface area contributed by atoms with Crippen LogP contribution in [0.1, 0.15) is 12.5 Å². The van der Waals surface area contributed by atoms with E-state index in [0.29, 0.717) is 5.82 Å². The van der Waals surface area contributed by atoms with Gasteiger partial charge in [0, 0.05) is 16.5 Å². The summed E-state index contributed by atoms with van der Waals surface area (Å²) >= 11 is 0. The Hall–Kier alpha value is -3.48. The fraction of sp³-hybridized carbons (Fsp3) is 0.0588. The predicted molar refractivity (Wildman–Crippen MR) is 95.0 cm³/mol. The van der Waals surface area contributed by atoms with Gasteiger partial charge in [-0.15, -0.1) is 15.3 Å². The van der Waals surface area contributed by atoms with Crippen LogP contribution >= 0.6 is 0 Å². The molecule has 0 radical (unpaired) electrons. The highest BCUT2D eigenvalue weighted by Crippen LogP contribution is 2.23. The summed E-state index contributed by atoms with van der Waals surface area (Å²) in [7, 11) is 0. The second-order valence-electron chi connectivity index (χ2n) is 5.42. The molecule has 2 heterocycles. The van der Waals surface area contributed by atoms with Crippen molar-refractivity contribution in [2.24, 2.45) is 5.10 Å². The fourth-order valence-electron chi connectivity index (χ4n) is 2.53. The fourth-order valence-corrected chi connectivity index (χ4v) is 2.53. The Morgan fingerprint density at radius 2 is 1.83 bits per heavy atom. The molecule has 2 aromatic heterocycles. The average Bonchev–Trinajstić information content (AvgIpc) is 3.08. The molecule has 0 aliphatic rings. The van der Waals surface area contributed by atoms with Gasteiger partial charge in [-0.05, 0) is 24.6 Å². The van der Waals surface area contributed by atoms with Crippen molar-refractivity contribution in [3.8, 4) is 0 Å². The van der Waals surface area contributed by atoms with Gasteiger partial charge in [0.1, 0.15) is 6.33 Å². The summed E-state index contributed by atoms with van der Waals surface area (Å²) in [4.78, 5) is 0. The van der Waals surface area contributed by atoms with E-state index in [4.69, 9.17) is 5.73 Å². The highest BCUT2D eigenvalue weighted by molar-refractivity contribution is 6.01. The number of nitrogens with two attached hydrogens (primary N) is 1. The van der Waals surface area contributed by atoms with Crippen molar-refractivity contribution in [3.05, 3.63) is 60.4 Å². The normalized spacial score (nSPS) is 12.0. The zero-order valence-corrected chi connectivity index (χ0v) is 13.0. The molecular weight excluding hydrogens is 302 g/mol. The number of aromatic nitrogens is 4. The molecule has 0 unspecified atom stereocenters. The Kier molecular flexibility index (Phi) is 3.31. The van der Waals surface area contributed by atoms with E-state index in [2.05, 4.69) is 25.8 Å². The lowest BCUT2D eigenvalue weighted by Gasteiger charge is -2.07. The molecule has 0 bridgehead atoms. The molecule has 0 spiro atoms.